The number of aliphatic hydroxyl groups is 1. The van der Waals surface area contributed by atoms with Crippen molar-refractivity contribution in [3.63, 3.8) is 0 Å². The van der Waals surface area contributed by atoms with Gasteiger partial charge in [0.15, 0.2) is 0 Å². The summed E-state index contributed by atoms with van der Waals surface area (Å²) in [4.78, 5) is 0. The second-order valence-electron chi connectivity index (χ2n) is 5.35. The van der Waals surface area contributed by atoms with Gasteiger partial charge >= 0.3 is 0 Å². The smallest absolute Gasteiger partial charge is 0.276 e. The summed E-state index contributed by atoms with van der Waals surface area (Å²) in [5.74, 6) is 1.03. The average molecular weight is 278 g/mol. The highest BCUT2D eigenvalue weighted by molar-refractivity contribution is 7.99. The number of thioether (sulfide) groups is 1. The first-order chi connectivity index (χ1) is 8.83. The summed E-state index contributed by atoms with van der Waals surface area (Å²) in [5, 5.41) is 18.2. The van der Waals surface area contributed by atoms with Crippen LogP contribution in [-0.2, 0) is 0 Å². The Morgan fingerprint density at radius 1 is 1.16 bits per heavy atom. The van der Waals surface area contributed by atoms with Crippen molar-refractivity contribution in [2.45, 2.75) is 38.5 Å². The van der Waals surface area contributed by atoms with Gasteiger partial charge in [-0.15, -0.1) is 10.2 Å². The Bertz CT molecular complexity index is 553. The highest BCUT2D eigenvalue weighted by atomic mass is 32.2. The molecule has 1 heterocycles. The lowest BCUT2D eigenvalue weighted by atomic mass is 10.1. The fraction of sp³-hybridized carbons (Fsp3) is 0.429. The Balaban J connectivity index is 2.16. The van der Waals surface area contributed by atoms with Crippen molar-refractivity contribution < 1.29 is 9.52 Å². The zero-order chi connectivity index (χ0) is 14.0. The fourth-order valence-electron chi connectivity index (χ4n) is 1.72. The van der Waals surface area contributed by atoms with Crippen molar-refractivity contribution in [1.29, 1.82) is 0 Å². The van der Waals surface area contributed by atoms with Crippen LogP contribution in [0.1, 0.15) is 25.0 Å². The minimum Gasteiger partial charge on any atom is -0.411 e. The standard InChI is InChI=1S/C14H18N2O2S/c1-9-5-10(2)7-11(6-9)12-15-16-13(18-12)19-8-14(3,4)17/h5-7,17H,8H2,1-4H3. The van der Waals surface area contributed by atoms with E-state index in [2.05, 4.69) is 16.3 Å². The molecule has 0 spiro atoms. The zero-order valence-corrected chi connectivity index (χ0v) is 12.4. The van der Waals surface area contributed by atoms with Crippen molar-refractivity contribution >= 4 is 11.8 Å². The van der Waals surface area contributed by atoms with E-state index in [0.717, 1.165) is 5.56 Å². The number of hydrogen-bond donors (Lipinski definition) is 1. The number of aryl methyl sites for hydroxylation is 2. The Kier molecular flexibility index (Phi) is 3.96. The van der Waals surface area contributed by atoms with Gasteiger partial charge < -0.3 is 9.52 Å². The van der Waals surface area contributed by atoms with Gasteiger partial charge in [-0.05, 0) is 39.8 Å². The molecular formula is C14H18N2O2S. The van der Waals surface area contributed by atoms with E-state index in [1.807, 2.05) is 26.0 Å². The molecule has 0 aliphatic rings. The van der Waals surface area contributed by atoms with Gasteiger partial charge in [-0.1, -0.05) is 29.0 Å². The maximum atomic E-state index is 9.66. The topological polar surface area (TPSA) is 59.2 Å². The predicted molar refractivity (Wildman–Crippen MR) is 76.2 cm³/mol. The summed E-state index contributed by atoms with van der Waals surface area (Å²) in [6.07, 6.45) is 0. The average Bonchev–Trinajstić information content (AvgIpc) is 2.72. The van der Waals surface area contributed by atoms with E-state index in [4.69, 9.17) is 4.42 Å². The first-order valence-corrected chi connectivity index (χ1v) is 7.09. The molecule has 0 radical (unpaired) electrons. The van der Waals surface area contributed by atoms with E-state index in [0.29, 0.717) is 16.9 Å². The number of aromatic nitrogens is 2. The van der Waals surface area contributed by atoms with Gasteiger partial charge in [0.1, 0.15) is 0 Å². The van der Waals surface area contributed by atoms with Crippen molar-refractivity contribution in [2.75, 3.05) is 5.75 Å². The Morgan fingerprint density at radius 2 is 1.79 bits per heavy atom. The van der Waals surface area contributed by atoms with Crippen LogP contribution in [0.2, 0.25) is 0 Å². The van der Waals surface area contributed by atoms with Crippen molar-refractivity contribution in [3.8, 4) is 11.5 Å². The van der Waals surface area contributed by atoms with Crippen molar-refractivity contribution in [2.24, 2.45) is 0 Å². The molecule has 0 unspecified atom stereocenters. The number of rotatable bonds is 4. The Labute approximate surface area is 117 Å². The molecule has 1 aromatic carbocycles. The van der Waals surface area contributed by atoms with E-state index < -0.39 is 5.60 Å². The molecule has 0 bridgehead atoms. The predicted octanol–water partition coefficient (Wildman–Crippen LogP) is 3.22. The van der Waals surface area contributed by atoms with E-state index >= 15 is 0 Å². The summed E-state index contributed by atoms with van der Waals surface area (Å²) in [6.45, 7) is 7.58. The quantitative estimate of drug-likeness (QED) is 0.870. The summed E-state index contributed by atoms with van der Waals surface area (Å²) in [7, 11) is 0. The number of nitrogens with zero attached hydrogens (tertiary/aromatic N) is 2. The molecule has 0 atom stereocenters. The molecule has 0 saturated carbocycles. The van der Waals surface area contributed by atoms with Crippen LogP contribution < -0.4 is 0 Å². The van der Waals surface area contributed by atoms with E-state index in [1.54, 1.807) is 13.8 Å². The van der Waals surface area contributed by atoms with Crippen molar-refractivity contribution in [3.05, 3.63) is 29.3 Å². The third kappa shape index (κ3) is 4.08. The number of hydrogen-bond acceptors (Lipinski definition) is 5. The van der Waals surface area contributed by atoms with Crippen LogP contribution in [0.4, 0.5) is 0 Å². The molecule has 2 rings (SSSR count). The molecule has 19 heavy (non-hydrogen) atoms. The van der Waals surface area contributed by atoms with Crippen LogP contribution in [0.5, 0.6) is 0 Å². The maximum Gasteiger partial charge on any atom is 0.276 e. The lowest BCUT2D eigenvalue weighted by Crippen LogP contribution is -2.21. The Morgan fingerprint density at radius 3 is 2.37 bits per heavy atom. The van der Waals surface area contributed by atoms with Crippen LogP contribution >= 0.6 is 11.8 Å². The second kappa shape index (κ2) is 5.35. The minimum absolute atomic E-state index is 0.483. The molecule has 5 heteroatoms. The van der Waals surface area contributed by atoms with Crippen LogP contribution in [0, 0.1) is 13.8 Å². The second-order valence-corrected chi connectivity index (χ2v) is 6.28. The molecule has 1 aromatic heterocycles. The molecular weight excluding hydrogens is 260 g/mol. The van der Waals surface area contributed by atoms with Gasteiger partial charge in [-0.3, -0.25) is 0 Å². The van der Waals surface area contributed by atoms with Gasteiger partial charge in [-0.25, -0.2) is 0 Å². The molecule has 0 fully saturated rings. The molecule has 102 valence electrons. The van der Waals surface area contributed by atoms with Crippen LogP contribution in [0.25, 0.3) is 11.5 Å². The largest absolute Gasteiger partial charge is 0.411 e. The molecule has 0 aliphatic carbocycles. The van der Waals surface area contributed by atoms with E-state index in [1.165, 1.54) is 22.9 Å². The zero-order valence-electron chi connectivity index (χ0n) is 11.6. The first kappa shape index (κ1) is 14.1. The molecule has 0 saturated heterocycles. The SMILES string of the molecule is Cc1cc(C)cc(-c2nnc(SCC(C)(C)O)o2)c1. The third-order valence-electron chi connectivity index (χ3n) is 2.42. The number of benzene rings is 1. The summed E-state index contributed by atoms with van der Waals surface area (Å²) >= 11 is 1.36. The Hall–Kier alpha value is -1.33. The van der Waals surface area contributed by atoms with Crippen molar-refractivity contribution in [1.82, 2.24) is 10.2 Å². The van der Waals surface area contributed by atoms with Gasteiger partial charge in [0.25, 0.3) is 5.22 Å². The third-order valence-corrected chi connectivity index (χ3v) is 3.69. The van der Waals surface area contributed by atoms with Gasteiger partial charge in [0.05, 0.1) is 5.60 Å². The van der Waals surface area contributed by atoms with Gasteiger partial charge in [0.2, 0.25) is 5.89 Å². The van der Waals surface area contributed by atoms with Crippen LogP contribution in [0.3, 0.4) is 0 Å². The van der Waals surface area contributed by atoms with Gasteiger partial charge in [-0.2, -0.15) is 0 Å². The lowest BCUT2D eigenvalue weighted by molar-refractivity contribution is 0.106. The molecule has 0 amide bonds. The van der Waals surface area contributed by atoms with Gasteiger partial charge in [0, 0.05) is 11.3 Å². The highest BCUT2D eigenvalue weighted by Gasteiger charge is 2.16. The molecule has 2 aromatic rings. The molecule has 4 nitrogen and oxygen atoms in total. The first-order valence-electron chi connectivity index (χ1n) is 6.11. The maximum absolute atomic E-state index is 9.66. The highest BCUT2D eigenvalue weighted by Crippen LogP contribution is 2.26. The van der Waals surface area contributed by atoms with E-state index in [-0.39, 0.29) is 0 Å². The summed E-state index contributed by atoms with van der Waals surface area (Å²) in [6, 6.07) is 6.14. The minimum atomic E-state index is -0.751. The van der Waals surface area contributed by atoms with E-state index in [9.17, 15) is 5.11 Å². The summed E-state index contributed by atoms with van der Waals surface area (Å²) in [5.41, 5.74) is 2.51. The van der Waals surface area contributed by atoms with Crippen LogP contribution in [0.15, 0.2) is 27.8 Å². The monoisotopic (exact) mass is 278 g/mol. The lowest BCUT2D eigenvalue weighted by Gasteiger charge is -2.13. The molecule has 0 aliphatic heterocycles. The normalized spacial score (nSPS) is 11.8. The molecule has 1 N–H and O–H groups in total. The summed E-state index contributed by atoms with van der Waals surface area (Å²) < 4.78 is 5.60. The fourth-order valence-corrected chi connectivity index (χ4v) is 2.43. The van der Waals surface area contributed by atoms with Crippen LogP contribution in [-0.4, -0.2) is 26.7 Å².